The van der Waals surface area contributed by atoms with Crippen molar-refractivity contribution < 1.29 is 0 Å². The Morgan fingerprint density at radius 2 is 2.12 bits per heavy atom. The first kappa shape index (κ1) is 11.2. The first-order valence-electron chi connectivity index (χ1n) is 6.41. The van der Waals surface area contributed by atoms with Crippen LogP contribution < -0.4 is 0 Å². The summed E-state index contributed by atoms with van der Waals surface area (Å²) in [6, 6.07) is 2.38. The minimum Gasteiger partial charge on any atom is -0.297 e. The van der Waals surface area contributed by atoms with Gasteiger partial charge in [0, 0.05) is 23.8 Å². The van der Waals surface area contributed by atoms with E-state index in [1.54, 1.807) is 0 Å². The second-order valence-corrected chi connectivity index (χ2v) is 6.02. The van der Waals surface area contributed by atoms with Crippen molar-refractivity contribution in [2.24, 2.45) is 5.92 Å². The first-order chi connectivity index (χ1) is 8.35. The highest BCUT2D eigenvalue weighted by Crippen LogP contribution is 2.41. The van der Waals surface area contributed by atoms with Crippen molar-refractivity contribution in [3.63, 3.8) is 0 Å². The summed E-state index contributed by atoms with van der Waals surface area (Å²) in [5.41, 5.74) is 1.23. The third-order valence-electron chi connectivity index (χ3n) is 3.65. The molecule has 1 saturated carbocycles. The summed E-state index contributed by atoms with van der Waals surface area (Å²) in [6.07, 6.45) is 4.72. The van der Waals surface area contributed by atoms with E-state index in [0.717, 1.165) is 38.4 Å². The van der Waals surface area contributed by atoms with Crippen LogP contribution >= 0.6 is 11.3 Å². The summed E-state index contributed by atoms with van der Waals surface area (Å²) in [5, 5.41) is 12.4. The molecule has 3 rings (SSSR count). The molecule has 1 saturated heterocycles. The van der Waals surface area contributed by atoms with Gasteiger partial charge in [-0.3, -0.25) is 4.90 Å². The quantitative estimate of drug-likeness (QED) is 0.824. The van der Waals surface area contributed by atoms with Crippen molar-refractivity contribution in [3.05, 3.63) is 16.1 Å². The van der Waals surface area contributed by atoms with Crippen molar-refractivity contribution in [2.45, 2.75) is 38.1 Å². The molecule has 0 radical (unpaired) electrons. The lowest BCUT2D eigenvalue weighted by molar-refractivity contribution is 0.196. The minimum absolute atomic E-state index is 0.281. The molecule has 90 valence electrons. The van der Waals surface area contributed by atoms with Crippen molar-refractivity contribution in [2.75, 3.05) is 13.1 Å². The number of nitriles is 1. The summed E-state index contributed by atoms with van der Waals surface area (Å²) in [5.74, 6) is 1.06. The maximum absolute atomic E-state index is 8.86. The van der Waals surface area contributed by atoms with E-state index in [2.05, 4.69) is 16.3 Å². The molecule has 0 amide bonds. The van der Waals surface area contributed by atoms with Crippen molar-refractivity contribution in [1.82, 2.24) is 9.88 Å². The highest BCUT2D eigenvalue weighted by atomic mass is 32.1. The zero-order valence-corrected chi connectivity index (χ0v) is 10.7. The van der Waals surface area contributed by atoms with Crippen LogP contribution in [0.2, 0.25) is 0 Å². The van der Waals surface area contributed by atoms with Crippen LogP contribution in [0, 0.1) is 17.2 Å². The topological polar surface area (TPSA) is 39.9 Å². The van der Waals surface area contributed by atoms with Gasteiger partial charge in [-0.2, -0.15) is 5.26 Å². The Labute approximate surface area is 106 Å². The van der Waals surface area contributed by atoms with Crippen LogP contribution in [0.4, 0.5) is 0 Å². The number of rotatable bonds is 3. The molecular formula is C13H17N3S. The predicted octanol–water partition coefficient (Wildman–Crippen LogP) is 2.76. The molecular weight excluding hydrogens is 230 g/mol. The minimum atomic E-state index is 0.281. The van der Waals surface area contributed by atoms with E-state index in [4.69, 9.17) is 10.2 Å². The number of thiazole rings is 1. The number of piperidine rings is 1. The van der Waals surface area contributed by atoms with Crippen molar-refractivity contribution in [3.8, 4) is 6.07 Å². The number of nitrogens with zero attached hydrogens (tertiary/aromatic N) is 3. The normalized spacial score (nSPS) is 22.5. The summed E-state index contributed by atoms with van der Waals surface area (Å²) in [7, 11) is 0. The van der Waals surface area contributed by atoms with Crippen LogP contribution in [0.25, 0.3) is 0 Å². The van der Waals surface area contributed by atoms with Crippen LogP contribution in [0.5, 0.6) is 0 Å². The Kier molecular flexibility index (Phi) is 3.13. The third-order valence-corrected chi connectivity index (χ3v) is 4.71. The highest BCUT2D eigenvalue weighted by Gasteiger charge is 2.27. The number of likely N-dealkylation sites (tertiary alicyclic amines) is 1. The fraction of sp³-hybridized carbons (Fsp3) is 0.692. The molecule has 2 heterocycles. The van der Waals surface area contributed by atoms with Crippen molar-refractivity contribution >= 4 is 11.3 Å². The van der Waals surface area contributed by atoms with E-state index < -0.39 is 0 Å². The van der Waals surface area contributed by atoms with Gasteiger partial charge in [0.2, 0.25) is 0 Å². The highest BCUT2D eigenvalue weighted by molar-refractivity contribution is 7.09. The molecule has 2 aliphatic rings. The van der Waals surface area contributed by atoms with Gasteiger partial charge < -0.3 is 0 Å². The summed E-state index contributed by atoms with van der Waals surface area (Å²) in [6.45, 7) is 3.07. The van der Waals surface area contributed by atoms with Crippen LogP contribution in [-0.4, -0.2) is 23.0 Å². The Hall–Kier alpha value is -0.920. The molecule has 2 fully saturated rings. The van der Waals surface area contributed by atoms with E-state index in [1.165, 1.54) is 23.5 Å². The molecule has 0 atom stereocenters. The van der Waals surface area contributed by atoms with Gasteiger partial charge in [0.15, 0.2) is 0 Å². The molecule has 1 aliphatic heterocycles. The van der Waals surface area contributed by atoms with Gasteiger partial charge in [0.05, 0.1) is 16.8 Å². The van der Waals surface area contributed by atoms with Crippen LogP contribution in [0.3, 0.4) is 0 Å². The molecule has 0 spiro atoms. The van der Waals surface area contributed by atoms with Crippen LogP contribution in [0.15, 0.2) is 5.38 Å². The molecule has 4 heteroatoms. The van der Waals surface area contributed by atoms with Gasteiger partial charge in [0.25, 0.3) is 0 Å². The first-order valence-corrected chi connectivity index (χ1v) is 7.29. The fourth-order valence-electron chi connectivity index (χ4n) is 2.36. The van der Waals surface area contributed by atoms with E-state index in [1.807, 2.05) is 11.3 Å². The summed E-state index contributed by atoms with van der Waals surface area (Å²) >= 11 is 1.82. The lowest BCUT2D eigenvalue weighted by atomic mass is 9.99. The molecule has 3 nitrogen and oxygen atoms in total. The largest absolute Gasteiger partial charge is 0.297 e. The van der Waals surface area contributed by atoms with Gasteiger partial charge in [-0.25, -0.2) is 4.98 Å². The van der Waals surface area contributed by atoms with E-state index in [9.17, 15) is 0 Å². The molecule has 0 aromatic carbocycles. The molecule has 1 aromatic heterocycles. The average molecular weight is 247 g/mol. The van der Waals surface area contributed by atoms with E-state index in [-0.39, 0.29) is 5.92 Å². The Morgan fingerprint density at radius 1 is 1.35 bits per heavy atom. The molecule has 1 aliphatic carbocycles. The maximum Gasteiger partial charge on any atom is 0.0959 e. The monoisotopic (exact) mass is 247 g/mol. The Bertz CT molecular complexity index is 422. The predicted molar refractivity (Wildman–Crippen MR) is 67.7 cm³/mol. The average Bonchev–Trinajstić information content (AvgIpc) is 3.12. The van der Waals surface area contributed by atoms with Gasteiger partial charge in [0.1, 0.15) is 0 Å². The number of hydrogen-bond donors (Lipinski definition) is 0. The van der Waals surface area contributed by atoms with Gasteiger partial charge in [-0.05, 0) is 38.8 Å². The number of aromatic nitrogens is 1. The van der Waals surface area contributed by atoms with E-state index in [0.29, 0.717) is 0 Å². The summed E-state index contributed by atoms with van der Waals surface area (Å²) in [4.78, 5) is 7.15. The van der Waals surface area contributed by atoms with Crippen molar-refractivity contribution in [1.29, 1.82) is 5.26 Å². The maximum atomic E-state index is 8.86. The van der Waals surface area contributed by atoms with E-state index >= 15 is 0 Å². The van der Waals surface area contributed by atoms with Crippen LogP contribution in [0.1, 0.15) is 42.3 Å². The number of hydrogen-bond acceptors (Lipinski definition) is 4. The zero-order valence-electron chi connectivity index (χ0n) is 9.93. The van der Waals surface area contributed by atoms with Gasteiger partial charge >= 0.3 is 0 Å². The zero-order chi connectivity index (χ0) is 11.7. The Morgan fingerprint density at radius 3 is 2.76 bits per heavy atom. The Balaban J connectivity index is 1.54. The molecule has 0 unspecified atom stereocenters. The molecule has 1 aromatic rings. The molecule has 0 bridgehead atoms. The molecule has 0 N–H and O–H groups in total. The lowest BCUT2D eigenvalue weighted by Gasteiger charge is -2.28. The molecule has 17 heavy (non-hydrogen) atoms. The lowest BCUT2D eigenvalue weighted by Crippen LogP contribution is -2.32. The SMILES string of the molecule is N#CC1CCN(Cc2csc(C3CC3)n2)CC1. The second kappa shape index (κ2) is 4.75. The van der Waals surface area contributed by atoms with Crippen LogP contribution in [-0.2, 0) is 6.54 Å². The third kappa shape index (κ3) is 2.67. The van der Waals surface area contributed by atoms with Gasteiger partial charge in [-0.1, -0.05) is 0 Å². The van der Waals surface area contributed by atoms with Gasteiger partial charge in [-0.15, -0.1) is 11.3 Å². The smallest absolute Gasteiger partial charge is 0.0959 e. The second-order valence-electron chi connectivity index (χ2n) is 5.13. The summed E-state index contributed by atoms with van der Waals surface area (Å²) < 4.78 is 0. The fourth-order valence-corrected chi connectivity index (χ4v) is 3.34. The standard InChI is InChI=1S/C13H17N3S/c14-7-10-3-5-16(6-4-10)8-12-9-17-13(15-12)11-1-2-11/h9-11H,1-6,8H2.